The fourth-order valence-corrected chi connectivity index (χ4v) is 6.43. The number of pyridine rings is 1. The Morgan fingerprint density at radius 2 is 1.85 bits per heavy atom. The third-order valence-electron chi connectivity index (χ3n) is 8.37. The Bertz CT molecular complexity index is 1610. The number of carbonyl (C=O) groups is 1. The van der Waals surface area contributed by atoms with E-state index in [0.29, 0.717) is 37.0 Å². The highest BCUT2D eigenvalue weighted by Crippen LogP contribution is 2.39. The number of fused-ring (bicyclic) bond motifs is 3. The second-order valence-electron chi connectivity index (χ2n) is 12.0. The SMILES string of the molecule is COC(=O)c1ccc(Cc2cc3c(=O)n([C@H]4CCOC[C@@H]4O[Si](C)(C)C(C)(C)C)cnc3c3ccccc23)cn1. The highest BCUT2D eigenvalue weighted by atomic mass is 28.4. The van der Waals surface area contributed by atoms with Crippen LogP contribution in [0.3, 0.4) is 0 Å². The van der Waals surface area contributed by atoms with Crippen LogP contribution >= 0.6 is 0 Å². The smallest absolute Gasteiger partial charge is 0.356 e. The molecular weight excluding hydrogens is 522 g/mol. The maximum absolute atomic E-state index is 14.1. The van der Waals surface area contributed by atoms with Crippen LogP contribution in [0.5, 0.6) is 0 Å². The number of aromatic nitrogens is 3. The van der Waals surface area contributed by atoms with E-state index in [4.69, 9.17) is 18.9 Å². The lowest BCUT2D eigenvalue weighted by Gasteiger charge is -2.43. The van der Waals surface area contributed by atoms with Gasteiger partial charge in [0.2, 0.25) is 0 Å². The molecule has 2 aromatic heterocycles. The van der Waals surface area contributed by atoms with E-state index in [2.05, 4.69) is 44.9 Å². The molecule has 3 heterocycles. The average Bonchev–Trinajstić information content (AvgIpc) is 2.93. The largest absolute Gasteiger partial charge is 0.464 e. The van der Waals surface area contributed by atoms with Gasteiger partial charge in [-0.15, -0.1) is 0 Å². The minimum Gasteiger partial charge on any atom is -0.464 e. The van der Waals surface area contributed by atoms with Crippen molar-refractivity contribution in [2.24, 2.45) is 0 Å². The topological polar surface area (TPSA) is 92.5 Å². The zero-order chi connectivity index (χ0) is 28.7. The summed E-state index contributed by atoms with van der Waals surface area (Å²) in [5, 5.41) is 2.58. The van der Waals surface area contributed by atoms with Crippen LogP contribution in [0.2, 0.25) is 18.1 Å². The van der Waals surface area contributed by atoms with Crippen LogP contribution in [0, 0.1) is 0 Å². The van der Waals surface area contributed by atoms with E-state index in [9.17, 15) is 9.59 Å². The number of carbonyl (C=O) groups excluding carboxylic acids is 1. The van der Waals surface area contributed by atoms with Crippen molar-refractivity contribution in [2.45, 2.75) is 63.9 Å². The molecule has 0 N–H and O–H groups in total. The molecule has 210 valence electrons. The van der Waals surface area contributed by atoms with Crippen LogP contribution in [0.1, 0.15) is 54.8 Å². The lowest BCUT2D eigenvalue weighted by atomic mass is 9.96. The molecule has 5 rings (SSSR count). The van der Waals surface area contributed by atoms with Crippen LogP contribution in [-0.2, 0) is 20.3 Å². The standard InChI is InChI=1S/C31H37N3O5Si/c1-31(2,3)40(5,6)39-27-18-38-14-13-26(27)34-19-33-28-23-10-8-7-9-22(23)21(16-24(28)29(34)35)15-20-11-12-25(32-17-20)30(36)37-4/h7-12,16-17,19,26-27H,13-15,18H2,1-6H3/t26-,27-/m0/s1. The van der Waals surface area contributed by atoms with Crippen LogP contribution in [0.15, 0.2) is 59.8 Å². The van der Waals surface area contributed by atoms with Gasteiger partial charge in [-0.3, -0.25) is 9.36 Å². The van der Waals surface area contributed by atoms with E-state index in [1.54, 1.807) is 23.2 Å². The molecule has 1 fully saturated rings. The van der Waals surface area contributed by atoms with Gasteiger partial charge in [-0.25, -0.2) is 14.8 Å². The van der Waals surface area contributed by atoms with Crippen molar-refractivity contribution in [3.8, 4) is 0 Å². The van der Waals surface area contributed by atoms with Crippen LogP contribution < -0.4 is 5.56 Å². The Morgan fingerprint density at radius 1 is 1.10 bits per heavy atom. The molecule has 0 aliphatic carbocycles. The summed E-state index contributed by atoms with van der Waals surface area (Å²) in [5.41, 5.74) is 2.79. The number of hydrogen-bond acceptors (Lipinski definition) is 7. The molecule has 2 aromatic carbocycles. The molecule has 0 saturated carbocycles. The van der Waals surface area contributed by atoms with Crippen LogP contribution in [0.4, 0.5) is 0 Å². The van der Waals surface area contributed by atoms with Gasteiger partial charge in [0.1, 0.15) is 5.69 Å². The first-order valence-corrected chi connectivity index (χ1v) is 16.6. The van der Waals surface area contributed by atoms with Gasteiger partial charge < -0.3 is 13.9 Å². The number of nitrogens with zero attached hydrogens (tertiary/aromatic N) is 3. The molecular formula is C31H37N3O5Si. The number of benzene rings is 2. The lowest BCUT2D eigenvalue weighted by molar-refractivity contribution is -0.0327. The monoisotopic (exact) mass is 559 g/mol. The molecule has 0 bridgehead atoms. The van der Waals surface area contributed by atoms with Gasteiger partial charge in [0.25, 0.3) is 5.56 Å². The summed E-state index contributed by atoms with van der Waals surface area (Å²) in [7, 11) is -0.756. The second-order valence-corrected chi connectivity index (χ2v) is 16.8. The quantitative estimate of drug-likeness (QED) is 0.171. The molecule has 9 heteroatoms. The zero-order valence-corrected chi connectivity index (χ0v) is 25.1. The molecule has 0 radical (unpaired) electrons. The maximum Gasteiger partial charge on any atom is 0.356 e. The molecule has 2 atom stereocenters. The number of hydrogen-bond donors (Lipinski definition) is 0. The summed E-state index contributed by atoms with van der Waals surface area (Å²) < 4.78 is 19.1. The van der Waals surface area contributed by atoms with Gasteiger partial charge in [0.05, 0.1) is 43.1 Å². The van der Waals surface area contributed by atoms with Crippen molar-refractivity contribution in [1.82, 2.24) is 14.5 Å². The molecule has 4 aromatic rings. The Labute approximate surface area is 235 Å². The molecule has 1 aliphatic rings. The summed E-state index contributed by atoms with van der Waals surface area (Å²) >= 11 is 0. The number of rotatable bonds is 6. The van der Waals surface area contributed by atoms with E-state index in [-0.39, 0.29) is 28.4 Å². The first-order chi connectivity index (χ1) is 19.0. The Kier molecular flexibility index (Phi) is 7.65. The van der Waals surface area contributed by atoms with E-state index in [1.165, 1.54) is 7.11 Å². The molecule has 0 unspecified atom stereocenters. The summed E-state index contributed by atoms with van der Waals surface area (Å²) in [6, 6.07) is 13.3. The molecule has 1 saturated heterocycles. The summed E-state index contributed by atoms with van der Waals surface area (Å²) in [5.74, 6) is -0.474. The van der Waals surface area contributed by atoms with Crippen molar-refractivity contribution < 1.29 is 18.7 Å². The van der Waals surface area contributed by atoms with Crippen molar-refractivity contribution in [2.75, 3.05) is 20.3 Å². The van der Waals surface area contributed by atoms with E-state index in [0.717, 1.165) is 21.9 Å². The normalized spacial score (nSPS) is 18.2. The second kappa shape index (κ2) is 10.9. The van der Waals surface area contributed by atoms with E-state index >= 15 is 0 Å². The zero-order valence-electron chi connectivity index (χ0n) is 24.1. The average molecular weight is 560 g/mol. The van der Waals surface area contributed by atoms with E-state index < -0.39 is 14.3 Å². The third kappa shape index (κ3) is 5.33. The summed E-state index contributed by atoms with van der Waals surface area (Å²) in [4.78, 5) is 35.0. The number of methoxy groups -OCH3 is 1. The summed E-state index contributed by atoms with van der Waals surface area (Å²) in [6.07, 6.45) is 4.38. The fourth-order valence-electron chi connectivity index (χ4n) is 5.09. The number of esters is 1. The van der Waals surface area contributed by atoms with Crippen molar-refractivity contribution in [3.05, 3.63) is 82.2 Å². The predicted octanol–water partition coefficient (Wildman–Crippen LogP) is 5.67. The first-order valence-electron chi connectivity index (χ1n) is 13.7. The molecule has 8 nitrogen and oxygen atoms in total. The van der Waals surface area contributed by atoms with Crippen molar-refractivity contribution in [1.29, 1.82) is 0 Å². The molecule has 0 amide bonds. The third-order valence-corrected chi connectivity index (χ3v) is 12.9. The lowest BCUT2D eigenvalue weighted by Crippen LogP contribution is -2.50. The summed E-state index contributed by atoms with van der Waals surface area (Å²) in [6.45, 7) is 12.1. The predicted molar refractivity (Wildman–Crippen MR) is 158 cm³/mol. The maximum atomic E-state index is 14.1. The van der Waals surface area contributed by atoms with Gasteiger partial charge in [-0.1, -0.05) is 51.1 Å². The minimum absolute atomic E-state index is 0.0410. The Balaban J connectivity index is 1.57. The van der Waals surface area contributed by atoms with Crippen LogP contribution in [-0.4, -0.2) is 55.2 Å². The Hall–Kier alpha value is -3.40. The van der Waals surface area contributed by atoms with Gasteiger partial charge >= 0.3 is 5.97 Å². The molecule has 40 heavy (non-hydrogen) atoms. The van der Waals surface area contributed by atoms with Crippen molar-refractivity contribution >= 4 is 36.0 Å². The first kappa shape index (κ1) is 28.1. The Morgan fingerprint density at radius 3 is 2.52 bits per heavy atom. The van der Waals surface area contributed by atoms with E-state index in [1.807, 2.05) is 30.3 Å². The molecule has 1 aliphatic heterocycles. The fraction of sp³-hybridized carbons (Fsp3) is 0.419. The van der Waals surface area contributed by atoms with Crippen molar-refractivity contribution in [3.63, 3.8) is 0 Å². The van der Waals surface area contributed by atoms with Gasteiger partial charge in [0.15, 0.2) is 8.32 Å². The minimum atomic E-state index is -2.09. The van der Waals surface area contributed by atoms with Gasteiger partial charge in [-0.05, 0) is 59.6 Å². The van der Waals surface area contributed by atoms with Gasteiger partial charge in [-0.2, -0.15) is 0 Å². The highest BCUT2D eigenvalue weighted by Gasteiger charge is 2.42. The van der Waals surface area contributed by atoms with Gasteiger partial charge in [0, 0.05) is 18.2 Å². The van der Waals surface area contributed by atoms with Crippen LogP contribution in [0.25, 0.3) is 21.7 Å². The highest BCUT2D eigenvalue weighted by molar-refractivity contribution is 6.74. The molecule has 0 spiro atoms. The number of ether oxygens (including phenoxy) is 2.